The van der Waals surface area contributed by atoms with Gasteiger partial charge in [0.2, 0.25) is 5.89 Å². The monoisotopic (exact) mass is 371 g/mol. The van der Waals surface area contributed by atoms with Gasteiger partial charge < -0.3 is 4.52 Å². The zero-order valence-corrected chi connectivity index (χ0v) is 16.4. The van der Waals surface area contributed by atoms with E-state index in [1.54, 1.807) is 8.61 Å². The second-order valence-corrected chi connectivity index (χ2v) is 9.86. The first-order chi connectivity index (χ1) is 11.7. The molecule has 0 unspecified atom stereocenters. The molecule has 2 aliphatic heterocycles. The van der Waals surface area contributed by atoms with Crippen molar-refractivity contribution in [2.75, 3.05) is 39.3 Å². The van der Waals surface area contributed by atoms with Crippen molar-refractivity contribution in [1.29, 1.82) is 0 Å². The molecular formula is C16H29N5O3S. The van der Waals surface area contributed by atoms with Crippen LogP contribution in [0.4, 0.5) is 0 Å². The van der Waals surface area contributed by atoms with Crippen molar-refractivity contribution >= 4 is 10.2 Å². The summed E-state index contributed by atoms with van der Waals surface area (Å²) in [6.07, 6.45) is 1.92. The predicted molar refractivity (Wildman–Crippen MR) is 94.3 cm³/mol. The van der Waals surface area contributed by atoms with Gasteiger partial charge in [-0.1, -0.05) is 25.9 Å². The molecule has 0 N–H and O–H groups in total. The Hall–Kier alpha value is -1.03. The molecule has 3 heterocycles. The summed E-state index contributed by atoms with van der Waals surface area (Å²) in [7, 11) is -3.30. The molecule has 1 aromatic heterocycles. The summed E-state index contributed by atoms with van der Waals surface area (Å²) in [6, 6.07) is -0.0137. The van der Waals surface area contributed by atoms with Gasteiger partial charge in [0.05, 0.1) is 6.04 Å². The van der Waals surface area contributed by atoms with Crippen LogP contribution in [0.2, 0.25) is 0 Å². The van der Waals surface area contributed by atoms with Crippen LogP contribution in [0.15, 0.2) is 4.52 Å². The molecule has 2 fully saturated rings. The first kappa shape index (κ1) is 18.8. The van der Waals surface area contributed by atoms with Crippen LogP contribution in [0.3, 0.4) is 0 Å². The Morgan fingerprint density at radius 3 is 2.08 bits per heavy atom. The topological polar surface area (TPSA) is 82.8 Å². The van der Waals surface area contributed by atoms with E-state index in [9.17, 15) is 8.42 Å². The van der Waals surface area contributed by atoms with E-state index in [4.69, 9.17) is 4.52 Å². The third kappa shape index (κ3) is 3.89. The molecule has 0 radical (unpaired) electrons. The second-order valence-electron chi connectivity index (χ2n) is 7.93. The van der Waals surface area contributed by atoms with Gasteiger partial charge >= 0.3 is 0 Å². The zero-order valence-electron chi connectivity index (χ0n) is 15.6. The predicted octanol–water partition coefficient (Wildman–Crippen LogP) is 1.39. The number of hydrogen-bond acceptors (Lipinski definition) is 6. The minimum atomic E-state index is -3.30. The van der Waals surface area contributed by atoms with Crippen molar-refractivity contribution < 1.29 is 12.9 Å². The average molecular weight is 372 g/mol. The Balaban J connectivity index is 1.61. The van der Waals surface area contributed by atoms with Gasteiger partial charge in [-0.25, -0.2) is 0 Å². The molecule has 0 aromatic carbocycles. The summed E-state index contributed by atoms with van der Waals surface area (Å²) in [6.45, 7) is 11.8. The number of rotatable bonds is 4. The van der Waals surface area contributed by atoms with Gasteiger partial charge in [-0.3, -0.25) is 4.90 Å². The average Bonchev–Trinajstić information content (AvgIpc) is 3.25. The number of piperazine rings is 1. The smallest absolute Gasteiger partial charge is 0.282 e. The number of nitrogens with zero attached hydrogens (tertiary/aromatic N) is 5. The lowest BCUT2D eigenvalue weighted by Gasteiger charge is -2.37. The van der Waals surface area contributed by atoms with Gasteiger partial charge in [0, 0.05) is 44.7 Å². The largest absolute Gasteiger partial charge is 0.338 e. The van der Waals surface area contributed by atoms with Gasteiger partial charge in [0.15, 0.2) is 5.82 Å². The van der Waals surface area contributed by atoms with Gasteiger partial charge in [-0.05, 0) is 19.8 Å². The first-order valence-electron chi connectivity index (χ1n) is 9.03. The standard InChI is InChI=1S/C16H29N5O3S/c1-13(14-17-15(18-24-14)16(2,3)4)19-9-11-21(12-10-19)25(22,23)20-7-5-6-8-20/h13H,5-12H2,1-4H3/t13-/m0/s1. The molecule has 8 nitrogen and oxygen atoms in total. The van der Waals surface area contributed by atoms with E-state index in [-0.39, 0.29) is 11.5 Å². The van der Waals surface area contributed by atoms with Gasteiger partial charge in [-0.15, -0.1) is 0 Å². The van der Waals surface area contributed by atoms with Crippen molar-refractivity contribution in [2.24, 2.45) is 0 Å². The van der Waals surface area contributed by atoms with E-state index in [1.165, 1.54) is 0 Å². The Labute approximate surface area is 150 Å². The summed E-state index contributed by atoms with van der Waals surface area (Å²) in [4.78, 5) is 6.73. The number of hydrogen-bond donors (Lipinski definition) is 0. The molecule has 0 spiro atoms. The van der Waals surface area contributed by atoms with Crippen molar-refractivity contribution in [1.82, 2.24) is 23.7 Å². The van der Waals surface area contributed by atoms with Crippen LogP contribution >= 0.6 is 0 Å². The SMILES string of the molecule is C[C@@H](c1nc(C(C)(C)C)no1)N1CCN(S(=O)(=O)N2CCCC2)CC1. The van der Waals surface area contributed by atoms with Gasteiger partial charge in [-0.2, -0.15) is 22.0 Å². The highest BCUT2D eigenvalue weighted by molar-refractivity contribution is 7.86. The summed E-state index contributed by atoms with van der Waals surface area (Å²) in [5.74, 6) is 1.30. The third-order valence-electron chi connectivity index (χ3n) is 5.01. The van der Waals surface area contributed by atoms with Crippen LogP contribution in [-0.2, 0) is 15.6 Å². The summed E-state index contributed by atoms with van der Waals surface area (Å²) in [5, 5.41) is 4.08. The highest BCUT2D eigenvalue weighted by Crippen LogP contribution is 2.25. The molecule has 0 aliphatic carbocycles. The molecule has 2 saturated heterocycles. The van der Waals surface area contributed by atoms with E-state index in [0.717, 1.165) is 12.8 Å². The fourth-order valence-corrected chi connectivity index (χ4v) is 4.94. The maximum Gasteiger partial charge on any atom is 0.282 e. The molecule has 1 aromatic rings. The Morgan fingerprint density at radius 1 is 1.00 bits per heavy atom. The molecule has 0 saturated carbocycles. The van der Waals surface area contributed by atoms with Crippen LogP contribution in [0.5, 0.6) is 0 Å². The second kappa shape index (κ2) is 6.94. The molecule has 0 amide bonds. The highest BCUT2D eigenvalue weighted by Gasteiger charge is 2.35. The summed E-state index contributed by atoms with van der Waals surface area (Å²) in [5.41, 5.74) is -0.149. The minimum absolute atomic E-state index is 0.0137. The lowest BCUT2D eigenvalue weighted by molar-refractivity contribution is 0.121. The minimum Gasteiger partial charge on any atom is -0.338 e. The van der Waals surface area contributed by atoms with Crippen molar-refractivity contribution in [3.05, 3.63) is 11.7 Å². The summed E-state index contributed by atoms with van der Waals surface area (Å²) >= 11 is 0. The van der Waals surface area contributed by atoms with E-state index >= 15 is 0 Å². The van der Waals surface area contributed by atoms with E-state index < -0.39 is 10.2 Å². The van der Waals surface area contributed by atoms with Gasteiger partial charge in [0.25, 0.3) is 10.2 Å². The fourth-order valence-electron chi connectivity index (χ4n) is 3.27. The summed E-state index contributed by atoms with van der Waals surface area (Å²) < 4.78 is 33.9. The molecule has 3 rings (SSSR count). The van der Waals surface area contributed by atoms with Crippen LogP contribution < -0.4 is 0 Å². The Bertz CT molecular complexity index is 683. The molecule has 2 aliphatic rings. The lowest BCUT2D eigenvalue weighted by atomic mass is 9.96. The van der Waals surface area contributed by atoms with Crippen LogP contribution in [0.1, 0.15) is 58.3 Å². The Morgan fingerprint density at radius 2 is 1.56 bits per heavy atom. The van der Waals surface area contributed by atoms with E-state index in [1.807, 2.05) is 27.7 Å². The van der Waals surface area contributed by atoms with Crippen LogP contribution in [-0.4, -0.2) is 71.3 Å². The molecule has 25 heavy (non-hydrogen) atoms. The quantitative estimate of drug-likeness (QED) is 0.795. The van der Waals surface area contributed by atoms with Gasteiger partial charge in [0.1, 0.15) is 0 Å². The van der Waals surface area contributed by atoms with E-state index in [0.29, 0.717) is 51.0 Å². The van der Waals surface area contributed by atoms with Crippen LogP contribution in [0.25, 0.3) is 0 Å². The molecular weight excluding hydrogens is 342 g/mol. The van der Waals surface area contributed by atoms with Crippen molar-refractivity contribution in [3.63, 3.8) is 0 Å². The molecule has 142 valence electrons. The maximum absolute atomic E-state index is 12.6. The third-order valence-corrected chi connectivity index (χ3v) is 7.04. The normalized spacial score (nSPS) is 23.2. The lowest BCUT2D eigenvalue weighted by Crippen LogP contribution is -2.52. The van der Waals surface area contributed by atoms with Crippen molar-refractivity contribution in [3.8, 4) is 0 Å². The molecule has 0 bridgehead atoms. The maximum atomic E-state index is 12.6. The first-order valence-corrected chi connectivity index (χ1v) is 10.4. The number of aromatic nitrogens is 2. The van der Waals surface area contributed by atoms with E-state index in [2.05, 4.69) is 15.0 Å². The highest BCUT2D eigenvalue weighted by atomic mass is 32.2. The molecule has 1 atom stereocenters. The fraction of sp³-hybridized carbons (Fsp3) is 0.875. The van der Waals surface area contributed by atoms with Crippen LogP contribution in [0, 0.1) is 0 Å². The zero-order chi connectivity index (χ0) is 18.2. The van der Waals surface area contributed by atoms with Crippen molar-refractivity contribution in [2.45, 2.75) is 52.0 Å². The Kier molecular flexibility index (Phi) is 5.21. The molecule has 9 heteroatoms.